The van der Waals surface area contributed by atoms with E-state index in [0.717, 1.165) is 65.1 Å². The highest BCUT2D eigenvalue weighted by Crippen LogP contribution is 2.26. The number of benzene rings is 1. The molecule has 1 N–H and O–H groups in total. The number of hydrogen-bond donors (Lipinski definition) is 1. The number of nitrogens with zero attached hydrogens (tertiary/aromatic N) is 6. The third-order valence-corrected chi connectivity index (χ3v) is 6.26. The molecule has 0 aliphatic carbocycles. The van der Waals surface area contributed by atoms with Crippen LogP contribution in [0.5, 0.6) is 5.75 Å². The Hall–Kier alpha value is -4.17. The highest BCUT2D eigenvalue weighted by molar-refractivity contribution is 5.70. The second-order valence-corrected chi connectivity index (χ2v) is 8.62. The van der Waals surface area contributed by atoms with Crippen LogP contribution in [0.3, 0.4) is 0 Å². The van der Waals surface area contributed by atoms with Crippen molar-refractivity contribution in [3.63, 3.8) is 0 Å². The predicted octanol–water partition coefficient (Wildman–Crippen LogP) is 5.26. The van der Waals surface area contributed by atoms with Crippen LogP contribution >= 0.6 is 0 Å². The van der Waals surface area contributed by atoms with Crippen molar-refractivity contribution < 1.29 is 4.74 Å². The number of fused-ring (bicyclic) bond motifs is 1. The van der Waals surface area contributed by atoms with Crippen LogP contribution in [0.2, 0.25) is 0 Å². The standard InChI is InChI=1S/C28H31N7O/c1-4-34(5-2)15-16-36-24-11-9-23(10-12-24)31-27-8-6-7-25(32-27)26-19-29-28-17-21(13-14-35(26)28)22-18-30-33(3)20-22/h6-14,17-20H,4-5,15-16H2,1-3H3,(H,31,32). The van der Waals surface area contributed by atoms with Crippen LogP contribution in [0.1, 0.15) is 13.8 Å². The average molecular weight is 482 g/mol. The van der Waals surface area contributed by atoms with E-state index in [-0.39, 0.29) is 0 Å². The smallest absolute Gasteiger partial charge is 0.137 e. The fourth-order valence-electron chi connectivity index (χ4n) is 4.18. The van der Waals surface area contributed by atoms with Crippen LogP contribution in [0.25, 0.3) is 28.2 Å². The van der Waals surface area contributed by atoms with Crippen molar-refractivity contribution in [2.24, 2.45) is 7.05 Å². The van der Waals surface area contributed by atoms with Gasteiger partial charge in [-0.15, -0.1) is 0 Å². The van der Waals surface area contributed by atoms with Crippen LogP contribution in [0.15, 0.2) is 79.4 Å². The molecule has 36 heavy (non-hydrogen) atoms. The van der Waals surface area contributed by atoms with Crippen molar-refractivity contribution in [1.82, 2.24) is 29.0 Å². The normalized spacial score (nSPS) is 11.3. The maximum atomic E-state index is 5.89. The van der Waals surface area contributed by atoms with Crippen molar-refractivity contribution in [3.8, 4) is 28.3 Å². The zero-order chi connectivity index (χ0) is 24.9. The first-order chi connectivity index (χ1) is 17.6. The zero-order valence-electron chi connectivity index (χ0n) is 20.9. The fraction of sp³-hybridized carbons (Fsp3) is 0.250. The SMILES string of the molecule is CCN(CC)CCOc1ccc(Nc2cccc(-c3cnc4cc(-c5cnn(C)c5)ccn34)n2)cc1. The molecule has 0 bridgehead atoms. The second kappa shape index (κ2) is 10.6. The van der Waals surface area contributed by atoms with Gasteiger partial charge in [0.2, 0.25) is 0 Å². The van der Waals surface area contributed by atoms with Crippen LogP contribution < -0.4 is 10.1 Å². The van der Waals surface area contributed by atoms with E-state index < -0.39 is 0 Å². The lowest BCUT2D eigenvalue weighted by Gasteiger charge is -2.18. The monoisotopic (exact) mass is 481 g/mol. The van der Waals surface area contributed by atoms with Crippen LogP contribution in [-0.2, 0) is 7.05 Å². The Kier molecular flexibility index (Phi) is 6.95. The molecule has 4 aromatic heterocycles. The van der Waals surface area contributed by atoms with Gasteiger partial charge in [-0.05, 0) is 67.2 Å². The Morgan fingerprint density at radius 1 is 0.972 bits per heavy atom. The average Bonchev–Trinajstić information content (AvgIpc) is 3.54. The first-order valence-corrected chi connectivity index (χ1v) is 12.3. The van der Waals surface area contributed by atoms with Gasteiger partial charge in [-0.1, -0.05) is 19.9 Å². The molecule has 0 unspecified atom stereocenters. The highest BCUT2D eigenvalue weighted by atomic mass is 16.5. The van der Waals surface area contributed by atoms with Crippen molar-refractivity contribution >= 4 is 17.2 Å². The van der Waals surface area contributed by atoms with E-state index >= 15 is 0 Å². The number of ether oxygens (including phenoxy) is 1. The molecule has 0 saturated carbocycles. The van der Waals surface area contributed by atoms with Gasteiger partial charge in [0.15, 0.2) is 0 Å². The Bertz CT molecular complexity index is 1430. The quantitative estimate of drug-likeness (QED) is 0.293. The van der Waals surface area contributed by atoms with E-state index in [2.05, 4.69) is 50.7 Å². The molecular formula is C28H31N7O. The van der Waals surface area contributed by atoms with Crippen LogP contribution in [0, 0.1) is 0 Å². The van der Waals surface area contributed by atoms with Gasteiger partial charge in [0.1, 0.15) is 23.8 Å². The molecule has 0 aliphatic rings. The lowest BCUT2D eigenvalue weighted by molar-refractivity contribution is 0.223. The van der Waals surface area contributed by atoms with Crippen LogP contribution in [0.4, 0.5) is 11.5 Å². The van der Waals surface area contributed by atoms with Crippen molar-refractivity contribution in [2.75, 3.05) is 31.6 Å². The molecule has 4 heterocycles. The summed E-state index contributed by atoms with van der Waals surface area (Å²) in [7, 11) is 1.92. The third kappa shape index (κ3) is 5.23. The summed E-state index contributed by atoms with van der Waals surface area (Å²) in [6, 6.07) is 18.1. The third-order valence-electron chi connectivity index (χ3n) is 6.26. The molecule has 0 spiro atoms. The minimum atomic E-state index is 0.682. The maximum Gasteiger partial charge on any atom is 0.137 e. The van der Waals surface area contributed by atoms with Gasteiger partial charge in [-0.3, -0.25) is 9.08 Å². The number of rotatable bonds is 10. The lowest BCUT2D eigenvalue weighted by Crippen LogP contribution is -2.27. The van der Waals surface area contributed by atoms with Gasteiger partial charge in [-0.25, -0.2) is 9.97 Å². The molecular weight excluding hydrogens is 450 g/mol. The number of aromatic nitrogens is 5. The summed E-state index contributed by atoms with van der Waals surface area (Å²) in [6.07, 6.45) is 7.74. The first kappa shape index (κ1) is 23.6. The molecule has 1 aromatic carbocycles. The van der Waals surface area contributed by atoms with E-state index in [9.17, 15) is 0 Å². The summed E-state index contributed by atoms with van der Waals surface area (Å²) in [6.45, 7) is 8.02. The van der Waals surface area contributed by atoms with Gasteiger partial charge < -0.3 is 15.0 Å². The molecule has 8 nitrogen and oxygen atoms in total. The molecule has 5 rings (SSSR count). The molecule has 0 amide bonds. The molecule has 5 aromatic rings. The molecule has 184 valence electrons. The van der Waals surface area contributed by atoms with Crippen molar-refractivity contribution in [1.29, 1.82) is 0 Å². The molecule has 0 atom stereocenters. The summed E-state index contributed by atoms with van der Waals surface area (Å²) >= 11 is 0. The summed E-state index contributed by atoms with van der Waals surface area (Å²) in [5.41, 5.74) is 5.74. The lowest BCUT2D eigenvalue weighted by atomic mass is 10.1. The number of pyridine rings is 2. The number of imidazole rings is 1. The molecule has 8 heteroatoms. The topological polar surface area (TPSA) is 72.5 Å². The number of anilines is 2. The van der Waals surface area contributed by atoms with Gasteiger partial charge in [0.05, 0.1) is 23.8 Å². The van der Waals surface area contributed by atoms with E-state index in [0.29, 0.717) is 6.61 Å². The molecule has 0 fully saturated rings. The summed E-state index contributed by atoms with van der Waals surface area (Å²) in [5, 5.41) is 7.66. The molecule has 0 aliphatic heterocycles. The maximum absolute atomic E-state index is 5.89. The van der Waals surface area contributed by atoms with Crippen molar-refractivity contribution in [2.45, 2.75) is 13.8 Å². The Morgan fingerprint density at radius 2 is 1.81 bits per heavy atom. The van der Waals surface area contributed by atoms with E-state index in [1.165, 1.54) is 0 Å². The van der Waals surface area contributed by atoms with Crippen LogP contribution in [-0.4, -0.2) is 55.3 Å². The van der Waals surface area contributed by atoms with Gasteiger partial charge in [-0.2, -0.15) is 5.10 Å². The summed E-state index contributed by atoms with van der Waals surface area (Å²) in [4.78, 5) is 11.8. The minimum absolute atomic E-state index is 0.682. The Labute approximate surface area is 211 Å². The largest absolute Gasteiger partial charge is 0.492 e. The summed E-state index contributed by atoms with van der Waals surface area (Å²) in [5.74, 6) is 1.63. The van der Waals surface area contributed by atoms with Crippen molar-refractivity contribution in [3.05, 3.63) is 79.4 Å². The fourth-order valence-corrected chi connectivity index (χ4v) is 4.18. The molecule has 0 saturated heterocycles. The zero-order valence-corrected chi connectivity index (χ0v) is 20.9. The van der Waals surface area contributed by atoms with Gasteiger partial charge in [0, 0.05) is 37.2 Å². The first-order valence-electron chi connectivity index (χ1n) is 12.3. The number of aryl methyl sites for hydroxylation is 1. The molecule has 0 radical (unpaired) electrons. The number of likely N-dealkylation sites (N-methyl/N-ethyl adjacent to an activating group) is 1. The van der Waals surface area contributed by atoms with E-state index in [1.807, 2.05) is 74.3 Å². The Morgan fingerprint density at radius 3 is 2.56 bits per heavy atom. The Balaban J connectivity index is 1.28. The van der Waals surface area contributed by atoms with Gasteiger partial charge in [0.25, 0.3) is 0 Å². The minimum Gasteiger partial charge on any atom is -0.492 e. The number of nitrogens with one attached hydrogen (secondary N) is 1. The number of hydrogen-bond acceptors (Lipinski definition) is 6. The second-order valence-electron chi connectivity index (χ2n) is 8.62. The van der Waals surface area contributed by atoms with E-state index in [1.54, 1.807) is 4.68 Å². The predicted molar refractivity (Wildman–Crippen MR) is 144 cm³/mol. The van der Waals surface area contributed by atoms with E-state index in [4.69, 9.17) is 9.72 Å². The highest BCUT2D eigenvalue weighted by Gasteiger charge is 2.10. The van der Waals surface area contributed by atoms with Gasteiger partial charge >= 0.3 is 0 Å². The summed E-state index contributed by atoms with van der Waals surface area (Å²) < 4.78 is 9.74.